The monoisotopic (exact) mass is 351 g/mol. The van der Waals surface area contributed by atoms with Crippen LogP contribution >= 0.6 is 23.2 Å². The summed E-state index contributed by atoms with van der Waals surface area (Å²) in [5.74, 6) is -1.45. The number of nitrogen functional groups attached to an aromatic ring is 1. The second kappa shape index (κ2) is 5.62. The number of hydrogen-bond donors (Lipinski definition) is 2. The molecule has 0 aliphatic heterocycles. The Labute approximate surface area is 131 Å². The highest BCUT2D eigenvalue weighted by Crippen LogP contribution is 2.37. The van der Waals surface area contributed by atoms with Gasteiger partial charge in [0.1, 0.15) is 5.69 Å². The van der Waals surface area contributed by atoms with E-state index in [-0.39, 0.29) is 27.0 Å². The van der Waals surface area contributed by atoms with E-state index in [9.17, 15) is 18.0 Å². The number of hydrogen-bond acceptors (Lipinski definition) is 4. The molecule has 0 aromatic carbocycles. The fraction of sp³-hybridized carbons (Fsp3) is 0.0833. The molecule has 0 radical (unpaired) electrons. The predicted molar refractivity (Wildman–Crippen MR) is 73.9 cm³/mol. The quantitative estimate of drug-likeness (QED) is 0.859. The summed E-state index contributed by atoms with van der Waals surface area (Å²) in [5.41, 5.74) is 3.65. The third kappa shape index (κ3) is 2.93. The van der Waals surface area contributed by atoms with Crippen molar-refractivity contribution in [2.75, 3.05) is 5.73 Å². The number of carboxylic acids is 1. The van der Waals surface area contributed by atoms with E-state index in [1.807, 2.05) is 0 Å². The van der Waals surface area contributed by atoms with Gasteiger partial charge in [0.2, 0.25) is 0 Å². The molecule has 0 atom stereocenters. The number of nitrogens with zero attached hydrogens (tertiary/aromatic N) is 2. The van der Waals surface area contributed by atoms with Gasteiger partial charge in [0.05, 0.1) is 21.4 Å². The van der Waals surface area contributed by atoms with E-state index in [0.29, 0.717) is 0 Å². The van der Waals surface area contributed by atoms with Gasteiger partial charge in [0, 0.05) is 11.8 Å². The summed E-state index contributed by atoms with van der Waals surface area (Å²) < 4.78 is 37.4. The lowest BCUT2D eigenvalue weighted by atomic mass is 10.1. The second-order valence-electron chi connectivity index (χ2n) is 4.09. The molecule has 5 nitrogen and oxygen atoms in total. The highest BCUT2D eigenvalue weighted by Gasteiger charge is 2.32. The minimum absolute atomic E-state index is 0.0730. The number of rotatable bonds is 2. The summed E-state index contributed by atoms with van der Waals surface area (Å²) >= 11 is 11.6. The molecule has 2 aromatic rings. The number of carboxylic acid groups (broad SMARTS) is 1. The molecule has 2 aromatic heterocycles. The van der Waals surface area contributed by atoms with E-state index in [1.165, 1.54) is 0 Å². The van der Waals surface area contributed by atoms with E-state index in [4.69, 9.17) is 34.0 Å². The van der Waals surface area contributed by atoms with Crippen molar-refractivity contribution in [2.24, 2.45) is 0 Å². The van der Waals surface area contributed by atoms with Crippen molar-refractivity contribution in [2.45, 2.75) is 6.18 Å². The van der Waals surface area contributed by atoms with E-state index in [2.05, 4.69) is 9.97 Å². The Bertz CT molecular complexity index is 749. The van der Waals surface area contributed by atoms with E-state index in [1.54, 1.807) is 0 Å². The van der Waals surface area contributed by atoms with Crippen molar-refractivity contribution in [3.63, 3.8) is 0 Å². The fourth-order valence-corrected chi connectivity index (χ4v) is 2.11. The van der Waals surface area contributed by atoms with Crippen LogP contribution in [0.3, 0.4) is 0 Å². The van der Waals surface area contributed by atoms with Crippen molar-refractivity contribution in [3.8, 4) is 11.3 Å². The topological polar surface area (TPSA) is 89.1 Å². The summed E-state index contributed by atoms with van der Waals surface area (Å²) in [4.78, 5) is 18.0. The molecule has 0 bridgehead atoms. The zero-order chi connectivity index (χ0) is 16.7. The number of anilines is 1. The van der Waals surface area contributed by atoms with Gasteiger partial charge in [-0.1, -0.05) is 23.2 Å². The number of pyridine rings is 2. The molecule has 0 aliphatic carbocycles. The van der Waals surface area contributed by atoms with Crippen molar-refractivity contribution in [1.29, 1.82) is 0 Å². The first kappa shape index (κ1) is 16.3. The lowest BCUT2D eigenvalue weighted by molar-refractivity contribution is -0.141. The lowest BCUT2D eigenvalue weighted by Gasteiger charge is -2.11. The van der Waals surface area contributed by atoms with Crippen LogP contribution in [0, 0.1) is 0 Å². The SMILES string of the molecule is Nc1c(Cl)c(C(=O)O)nc(-c2ccc(C(F)(F)F)nc2)c1Cl. The second-order valence-corrected chi connectivity index (χ2v) is 4.84. The molecule has 0 aliphatic rings. The molecular weight excluding hydrogens is 346 g/mol. The fourth-order valence-electron chi connectivity index (χ4n) is 1.60. The van der Waals surface area contributed by atoms with Gasteiger partial charge >= 0.3 is 12.1 Å². The zero-order valence-electron chi connectivity index (χ0n) is 10.4. The maximum Gasteiger partial charge on any atom is 0.433 e. The molecule has 0 fully saturated rings. The van der Waals surface area contributed by atoms with Gasteiger partial charge in [0.15, 0.2) is 5.69 Å². The molecule has 0 saturated heterocycles. The predicted octanol–water partition coefficient (Wildman–Crippen LogP) is 3.75. The minimum atomic E-state index is -4.60. The van der Waals surface area contributed by atoms with Crippen molar-refractivity contribution < 1.29 is 23.1 Å². The Hall–Kier alpha value is -2.06. The number of carbonyl (C=O) groups is 1. The normalized spacial score (nSPS) is 11.5. The van der Waals surface area contributed by atoms with E-state index >= 15 is 0 Å². The number of halogens is 5. The number of aromatic nitrogens is 2. The smallest absolute Gasteiger partial charge is 0.433 e. The van der Waals surface area contributed by atoms with E-state index < -0.39 is 23.5 Å². The zero-order valence-corrected chi connectivity index (χ0v) is 12.0. The van der Waals surface area contributed by atoms with Gasteiger partial charge in [-0.15, -0.1) is 0 Å². The van der Waals surface area contributed by atoms with Crippen molar-refractivity contribution >= 4 is 34.9 Å². The highest BCUT2D eigenvalue weighted by atomic mass is 35.5. The summed E-state index contributed by atoms with van der Waals surface area (Å²) in [6.45, 7) is 0. The molecule has 3 N–H and O–H groups in total. The molecule has 22 heavy (non-hydrogen) atoms. The molecule has 0 unspecified atom stereocenters. The summed E-state index contributed by atoms with van der Waals surface area (Å²) in [6.07, 6.45) is -3.73. The maximum atomic E-state index is 12.5. The molecule has 2 rings (SSSR count). The van der Waals surface area contributed by atoms with Gasteiger partial charge in [0.25, 0.3) is 0 Å². The van der Waals surface area contributed by atoms with Crippen LogP contribution in [0.15, 0.2) is 18.3 Å². The number of nitrogens with two attached hydrogens (primary N) is 1. The van der Waals surface area contributed by atoms with Gasteiger partial charge in [-0.3, -0.25) is 4.98 Å². The van der Waals surface area contributed by atoms with Crippen molar-refractivity contribution in [3.05, 3.63) is 39.8 Å². The highest BCUT2D eigenvalue weighted by molar-refractivity contribution is 6.41. The third-order valence-electron chi connectivity index (χ3n) is 2.64. The largest absolute Gasteiger partial charge is 0.476 e. The summed E-state index contributed by atoms with van der Waals surface area (Å²) in [5, 5.41) is 8.48. The van der Waals surface area contributed by atoms with Crippen LogP contribution in [0.2, 0.25) is 10.0 Å². The van der Waals surface area contributed by atoms with Gasteiger partial charge in [-0.25, -0.2) is 9.78 Å². The minimum Gasteiger partial charge on any atom is -0.476 e. The Morgan fingerprint density at radius 2 is 1.86 bits per heavy atom. The Kier molecular flexibility index (Phi) is 4.17. The molecule has 0 saturated carbocycles. The lowest BCUT2D eigenvalue weighted by Crippen LogP contribution is -2.08. The summed E-state index contributed by atoms with van der Waals surface area (Å²) in [6, 6.07) is 1.78. The van der Waals surface area contributed by atoms with Crippen LogP contribution in [0.5, 0.6) is 0 Å². The first-order valence-electron chi connectivity index (χ1n) is 5.54. The third-order valence-corrected chi connectivity index (χ3v) is 3.41. The standard InChI is InChI=1S/C12H6Cl2F3N3O2/c13-6-8(18)7(14)10(11(21)22)20-9(6)4-1-2-5(19-3-4)12(15,16)17/h1-3H,(H2,18,20)(H,21,22). The van der Waals surface area contributed by atoms with Crippen LogP contribution in [0.4, 0.5) is 18.9 Å². The Morgan fingerprint density at radius 3 is 2.32 bits per heavy atom. The molecule has 0 spiro atoms. The molecule has 2 heterocycles. The molecule has 10 heteroatoms. The average Bonchev–Trinajstić information content (AvgIpc) is 2.44. The molecule has 0 amide bonds. The van der Waals surface area contributed by atoms with Crippen LogP contribution in [-0.2, 0) is 6.18 Å². The molecular formula is C12H6Cl2F3N3O2. The van der Waals surface area contributed by atoms with Crippen LogP contribution in [0.1, 0.15) is 16.2 Å². The van der Waals surface area contributed by atoms with Crippen molar-refractivity contribution in [1.82, 2.24) is 9.97 Å². The Balaban J connectivity index is 2.60. The van der Waals surface area contributed by atoms with Crippen LogP contribution < -0.4 is 5.73 Å². The van der Waals surface area contributed by atoms with Gasteiger partial charge in [-0.2, -0.15) is 13.2 Å². The van der Waals surface area contributed by atoms with Crippen LogP contribution in [0.25, 0.3) is 11.3 Å². The maximum absolute atomic E-state index is 12.5. The molecule has 116 valence electrons. The number of aromatic carboxylic acids is 1. The Morgan fingerprint density at radius 1 is 1.23 bits per heavy atom. The van der Waals surface area contributed by atoms with Gasteiger partial charge in [-0.05, 0) is 12.1 Å². The van der Waals surface area contributed by atoms with E-state index in [0.717, 1.165) is 18.3 Å². The van der Waals surface area contributed by atoms with Gasteiger partial charge < -0.3 is 10.8 Å². The van der Waals surface area contributed by atoms with Crippen LogP contribution in [-0.4, -0.2) is 21.0 Å². The number of alkyl halides is 3. The summed E-state index contributed by atoms with van der Waals surface area (Å²) in [7, 11) is 0. The average molecular weight is 352 g/mol. The first-order chi connectivity index (χ1) is 10.1. The first-order valence-corrected chi connectivity index (χ1v) is 6.30.